The van der Waals surface area contributed by atoms with Crippen molar-refractivity contribution < 1.29 is 4.74 Å². The van der Waals surface area contributed by atoms with E-state index in [1.807, 2.05) is 25.1 Å². The van der Waals surface area contributed by atoms with Crippen LogP contribution >= 0.6 is 11.3 Å². The molecule has 0 amide bonds. The summed E-state index contributed by atoms with van der Waals surface area (Å²) >= 11 is 1.74. The number of benzene rings is 1. The van der Waals surface area contributed by atoms with Crippen LogP contribution in [0.3, 0.4) is 0 Å². The van der Waals surface area contributed by atoms with Gasteiger partial charge in [0.2, 0.25) is 0 Å². The lowest BCUT2D eigenvalue weighted by atomic mass is 10.2. The number of aromatic nitrogens is 3. The van der Waals surface area contributed by atoms with Gasteiger partial charge in [-0.05, 0) is 37.3 Å². The van der Waals surface area contributed by atoms with Gasteiger partial charge in [-0.15, -0.1) is 11.3 Å². The van der Waals surface area contributed by atoms with Gasteiger partial charge in [-0.1, -0.05) is 0 Å². The Balaban J connectivity index is 2.09. The lowest BCUT2D eigenvalue weighted by molar-refractivity contribution is 0.415. The summed E-state index contributed by atoms with van der Waals surface area (Å²) in [7, 11) is 1.69. The van der Waals surface area contributed by atoms with E-state index in [1.54, 1.807) is 30.8 Å². The average Bonchev–Trinajstić information content (AvgIpc) is 3.05. The molecule has 0 bridgehead atoms. The van der Waals surface area contributed by atoms with E-state index >= 15 is 0 Å². The topological polar surface area (TPSA) is 39.4 Å². The summed E-state index contributed by atoms with van der Waals surface area (Å²) in [4.78, 5) is 9.98. The lowest BCUT2D eigenvalue weighted by Gasteiger charge is -2.01. The Morgan fingerprint density at radius 3 is 2.71 bits per heavy atom. The van der Waals surface area contributed by atoms with Gasteiger partial charge in [-0.3, -0.25) is 9.38 Å². The normalized spacial score (nSPS) is 11.3. The number of imidazole rings is 1. The Kier molecular flexibility index (Phi) is 2.68. The van der Waals surface area contributed by atoms with Crippen LogP contribution in [-0.2, 0) is 0 Å². The van der Waals surface area contributed by atoms with E-state index < -0.39 is 0 Å². The second-order valence-electron chi connectivity index (χ2n) is 4.83. The molecule has 0 N–H and O–H groups in total. The number of pyridine rings is 1. The number of fused-ring (bicyclic) bond motifs is 3. The lowest BCUT2D eigenvalue weighted by Crippen LogP contribution is -1.88. The van der Waals surface area contributed by atoms with Gasteiger partial charge in [-0.25, -0.2) is 4.98 Å². The third-order valence-corrected chi connectivity index (χ3v) is 4.77. The third kappa shape index (κ3) is 1.81. The van der Waals surface area contributed by atoms with Crippen LogP contribution in [0.2, 0.25) is 0 Å². The molecule has 104 valence electrons. The van der Waals surface area contributed by atoms with Crippen molar-refractivity contribution in [1.82, 2.24) is 14.4 Å². The van der Waals surface area contributed by atoms with Gasteiger partial charge in [-0.2, -0.15) is 0 Å². The van der Waals surface area contributed by atoms with Crippen LogP contribution in [-0.4, -0.2) is 21.5 Å². The van der Waals surface area contributed by atoms with Gasteiger partial charge in [0.1, 0.15) is 16.4 Å². The molecule has 4 rings (SSSR count). The molecular formula is C16H13N3OS. The molecule has 0 aliphatic rings. The second-order valence-corrected chi connectivity index (χ2v) is 5.86. The molecule has 0 unspecified atom stereocenters. The maximum Gasteiger partial charge on any atom is 0.146 e. The fraction of sp³-hybridized carbons (Fsp3) is 0.125. The minimum atomic E-state index is 0.878. The van der Waals surface area contributed by atoms with Crippen LogP contribution in [0.1, 0.15) is 5.69 Å². The minimum absolute atomic E-state index is 0.878. The average molecular weight is 295 g/mol. The summed E-state index contributed by atoms with van der Waals surface area (Å²) in [6.07, 6.45) is 3.59. The zero-order valence-corrected chi connectivity index (χ0v) is 12.5. The quantitative estimate of drug-likeness (QED) is 0.562. The fourth-order valence-corrected chi connectivity index (χ4v) is 3.66. The number of rotatable bonds is 2. The molecule has 4 aromatic rings. The molecule has 0 radical (unpaired) electrons. The Labute approximate surface area is 125 Å². The number of aryl methyl sites for hydroxylation is 1. The number of ether oxygens (including phenoxy) is 1. The molecule has 0 spiro atoms. The van der Waals surface area contributed by atoms with Crippen LogP contribution in [0.15, 0.2) is 42.7 Å². The molecule has 3 aromatic heterocycles. The van der Waals surface area contributed by atoms with Crippen molar-refractivity contribution in [3.8, 4) is 17.1 Å². The largest absolute Gasteiger partial charge is 0.497 e. The van der Waals surface area contributed by atoms with Crippen molar-refractivity contribution in [2.45, 2.75) is 6.92 Å². The van der Waals surface area contributed by atoms with Gasteiger partial charge in [0.15, 0.2) is 0 Å². The zero-order valence-electron chi connectivity index (χ0n) is 11.7. The molecule has 4 nitrogen and oxygen atoms in total. The van der Waals surface area contributed by atoms with Crippen molar-refractivity contribution in [3.63, 3.8) is 0 Å². The number of hydrogen-bond acceptors (Lipinski definition) is 4. The van der Waals surface area contributed by atoms with Gasteiger partial charge in [0, 0.05) is 18.0 Å². The Morgan fingerprint density at radius 1 is 1.14 bits per heavy atom. The fourth-order valence-electron chi connectivity index (χ4n) is 2.54. The first-order chi connectivity index (χ1) is 10.3. The maximum atomic E-state index is 5.31. The van der Waals surface area contributed by atoms with E-state index in [4.69, 9.17) is 9.72 Å². The highest BCUT2D eigenvalue weighted by Crippen LogP contribution is 2.35. The molecular weight excluding hydrogens is 282 g/mol. The van der Waals surface area contributed by atoms with Crippen molar-refractivity contribution in [2.75, 3.05) is 7.11 Å². The molecule has 0 aliphatic carbocycles. The summed E-state index contributed by atoms with van der Waals surface area (Å²) in [5, 5.41) is 0. The van der Waals surface area contributed by atoms with E-state index in [9.17, 15) is 0 Å². The first-order valence-electron chi connectivity index (χ1n) is 6.64. The van der Waals surface area contributed by atoms with E-state index in [2.05, 4.69) is 21.5 Å². The van der Waals surface area contributed by atoms with Crippen LogP contribution in [0, 0.1) is 6.92 Å². The maximum absolute atomic E-state index is 5.31. The summed E-state index contributed by atoms with van der Waals surface area (Å²) < 4.78 is 8.73. The van der Waals surface area contributed by atoms with E-state index in [0.717, 1.165) is 28.3 Å². The van der Waals surface area contributed by atoms with E-state index in [-0.39, 0.29) is 0 Å². The molecule has 0 fully saturated rings. The van der Waals surface area contributed by atoms with Crippen molar-refractivity contribution in [1.29, 1.82) is 0 Å². The van der Waals surface area contributed by atoms with Gasteiger partial charge < -0.3 is 4.74 Å². The molecule has 0 saturated heterocycles. The monoisotopic (exact) mass is 295 g/mol. The predicted molar refractivity (Wildman–Crippen MR) is 85.1 cm³/mol. The minimum Gasteiger partial charge on any atom is -0.497 e. The van der Waals surface area contributed by atoms with Crippen molar-refractivity contribution in [3.05, 3.63) is 48.4 Å². The summed E-state index contributed by atoms with van der Waals surface area (Å²) in [6, 6.07) is 10.1. The molecule has 0 atom stereocenters. The molecule has 5 heteroatoms. The number of hydrogen-bond donors (Lipinski definition) is 0. The van der Waals surface area contributed by atoms with Crippen LogP contribution in [0.25, 0.3) is 26.4 Å². The number of thiazole rings is 1. The second kappa shape index (κ2) is 4.56. The smallest absolute Gasteiger partial charge is 0.146 e. The molecule has 0 saturated carbocycles. The van der Waals surface area contributed by atoms with Crippen molar-refractivity contribution in [2.24, 2.45) is 0 Å². The Hall–Kier alpha value is -2.40. The van der Waals surface area contributed by atoms with Crippen molar-refractivity contribution >= 4 is 26.4 Å². The summed E-state index contributed by atoms with van der Waals surface area (Å²) in [5.74, 6) is 1.84. The standard InChI is InChI=1S/C16H13N3OS/c1-10-16-19(15(18-10)11-5-7-17-8-6-11)13-4-3-12(20-2)9-14(13)21-16/h3-9H,1-2H3. The molecule has 3 heterocycles. The highest BCUT2D eigenvalue weighted by molar-refractivity contribution is 7.24. The molecule has 21 heavy (non-hydrogen) atoms. The van der Waals surface area contributed by atoms with Crippen LogP contribution < -0.4 is 4.74 Å². The SMILES string of the molecule is COc1ccc2c(c1)sc1c(C)nc(-c3ccncc3)n12. The van der Waals surface area contributed by atoms with Gasteiger partial charge in [0.25, 0.3) is 0 Å². The molecule has 1 aromatic carbocycles. The first-order valence-corrected chi connectivity index (χ1v) is 7.45. The predicted octanol–water partition coefficient (Wildman–Crippen LogP) is 3.93. The van der Waals surface area contributed by atoms with E-state index in [0.29, 0.717) is 0 Å². The Morgan fingerprint density at radius 2 is 1.95 bits per heavy atom. The highest BCUT2D eigenvalue weighted by atomic mass is 32.1. The highest BCUT2D eigenvalue weighted by Gasteiger charge is 2.15. The van der Waals surface area contributed by atoms with Crippen LogP contribution in [0.5, 0.6) is 5.75 Å². The third-order valence-electron chi connectivity index (χ3n) is 3.55. The van der Waals surface area contributed by atoms with Crippen LogP contribution in [0.4, 0.5) is 0 Å². The van der Waals surface area contributed by atoms with Gasteiger partial charge >= 0.3 is 0 Å². The number of methoxy groups -OCH3 is 1. The summed E-state index contributed by atoms with van der Waals surface area (Å²) in [5.41, 5.74) is 3.27. The van der Waals surface area contributed by atoms with E-state index in [1.165, 1.54) is 9.53 Å². The number of nitrogens with zero attached hydrogens (tertiary/aromatic N) is 3. The van der Waals surface area contributed by atoms with Gasteiger partial charge in [0.05, 0.1) is 23.0 Å². The zero-order chi connectivity index (χ0) is 14.4. The summed E-state index contributed by atoms with van der Waals surface area (Å²) in [6.45, 7) is 2.05. The first kappa shape index (κ1) is 12.3. The Bertz CT molecular complexity index is 940. The molecule has 0 aliphatic heterocycles.